The van der Waals surface area contributed by atoms with Gasteiger partial charge in [0.1, 0.15) is 6.54 Å². The van der Waals surface area contributed by atoms with E-state index in [1.54, 1.807) is 38.1 Å². The van der Waals surface area contributed by atoms with Gasteiger partial charge in [-0.05, 0) is 55.3 Å². The number of sulfonamides is 2. The highest BCUT2D eigenvalue weighted by Crippen LogP contribution is 2.27. The first-order chi connectivity index (χ1) is 16.8. The van der Waals surface area contributed by atoms with Gasteiger partial charge in [-0.3, -0.25) is 23.9 Å². The van der Waals surface area contributed by atoms with Gasteiger partial charge < -0.3 is 5.32 Å². The zero-order valence-electron chi connectivity index (χ0n) is 19.6. The first-order valence-electron chi connectivity index (χ1n) is 10.5. The summed E-state index contributed by atoms with van der Waals surface area (Å²) in [5.41, 5.74) is 1.53. The van der Waals surface area contributed by atoms with Gasteiger partial charge in [0, 0.05) is 17.8 Å². The van der Waals surface area contributed by atoms with Crippen LogP contribution < -0.4 is 14.3 Å². The number of nitro groups is 1. The fraction of sp³-hybridized carbons (Fsp3) is 0.174. The highest BCUT2D eigenvalue weighted by molar-refractivity contribution is 7.92. The van der Waals surface area contributed by atoms with Crippen molar-refractivity contribution in [3.8, 4) is 0 Å². The molecule has 0 saturated carbocycles. The van der Waals surface area contributed by atoms with E-state index >= 15 is 0 Å². The molecular formula is C23H24N4O7S2. The van der Waals surface area contributed by atoms with Crippen LogP contribution in [0.1, 0.15) is 11.1 Å². The molecule has 0 aliphatic heterocycles. The summed E-state index contributed by atoms with van der Waals surface area (Å²) >= 11 is 0. The number of hydrogen-bond donors (Lipinski definition) is 2. The van der Waals surface area contributed by atoms with Crippen LogP contribution in [0, 0.1) is 24.0 Å². The molecule has 190 valence electrons. The molecule has 3 aromatic carbocycles. The van der Waals surface area contributed by atoms with Gasteiger partial charge in [-0.25, -0.2) is 16.8 Å². The van der Waals surface area contributed by atoms with Crippen molar-refractivity contribution < 1.29 is 26.6 Å². The van der Waals surface area contributed by atoms with E-state index in [9.17, 15) is 31.7 Å². The molecule has 0 aliphatic carbocycles. The standard InChI is InChI=1S/C23H24N4O7S2/c1-16-6-4-5-7-21(16)25-36(33,34)20-12-9-18(10-13-20)24-23(28)15-26(35(3,31)32)22-14-19(27(29)30)11-8-17(22)2/h4-14,25H,15H2,1-3H3,(H,24,28). The lowest BCUT2D eigenvalue weighted by Crippen LogP contribution is -2.37. The molecule has 3 rings (SSSR count). The number of carbonyl (C=O) groups excluding carboxylic acids is 1. The van der Waals surface area contributed by atoms with E-state index < -0.39 is 37.4 Å². The average Bonchev–Trinajstić information content (AvgIpc) is 2.79. The molecule has 11 nitrogen and oxygen atoms in total. The maximum absolute atomic E-state index is 12.7. The van der Waals surface area contributed by atoms with Crippen LogP contribution in [0.3, 0.4) is 0 Å². The third-order valence-corrected chi connectivity index (χ3v) is 7.71. The van der Waals surface area contributed by atoms with Crippen LogP contribution in [0.2, 0.25) is 0 Å². The SMILES string of the molecule is Cc1ccccc1NS(=O)(=O)c1ccc(NC(=O)CN(c2cc([N+](=O)[O-])ccc2C)S(C)(=O)=O)cc1. The molecule has 2 N–H and O–H groups in total. The van der Waals surface area contributed by atoms with Gasteiger partial charge in [0.05, 0.1) is 27.4 Å². The Hall–Kier alpha value is -3.97. The van der Waals surface area contributed by atoms with Crippen molar-refractivity contribution >= 4 is 48.7 Å². The van der Waals surface area contributed by atoms with Crippen LogP contribution >= 0.6 is 0 Å². The summed E-state index contributed by atoms with van der Waals surface area (Å²) in [6.45, 7) is 2.69. The summed E-state index contributed by atoms with van der Waals surface area (Å²) in [6, 6.07) is 16.0. The maximum atomic E-state index is 12.7. The highest BCUT2D eigenvalue weighted by Gasteiger charge is 2.24. The monoisotopic (exact) mass is 532 g/mol. The molecule has 0 fully saturated rings. The minimum absolute atomic E-state index is 0.00516. The van der Waals surface area contributed by atoms with E-state index in [4.69, 9.17) is 0 Å². The normalized spacial score (nSPS) is 11.5. The summed E-state index contributed by atoms with van der Waals surface area (Å²) < 4.78 is 53.4. The van der Waals surface area contributed by atoms with E-state index in [0.29, 0.717) is 11.3 Å². The van der Waals surface area contributed by atoms with Crippen LogP contribution in [0.15, 0.2) is 71.6 Å². The van der Waals surface area contributed by atoms with Gasteiger partial charge in [-0.2, -0.15) is 0 Å². The Morgan fingerprint density at radius 3 is 2.17 bits per heavy atom. The van der Waals surface area contributed by atoms with E-state index in [1.165, 1.54) is 36.4 Å². The van der Waals surface area contributed by atoms with Gasteiger partial charge in [-0.15, -0.1) is 0 Å². The Balaban J connectivity index is 1.77. The molecule has 13 heteroatoms. The summed E-state index contributed by atoms with van der Waals surface area (Å²) in [6.07, 6.45) is 0.889. The van der Waals surface area contributed by atoms with Gasteiger partial charge in [-0.1, -0.05) is 24.3 Å². The number of para-hydroxylation sites is 1. The molecule has 0 radical (unpaired) electrons. The number of rotatable bonds is 9. The predicted octanol–water partition coefficient (Wildman–Crippen LogP) is 3.42. The van der Waals surface area contributed by atoms with Crippen molar-refractivity contribution in [1.29, 1.82) is 0 Å². The fourth-order valence-corrected chi connectivity index (χ4v) is 5.34. The first-order valence-corrected chi connectivity index (χ1v) is 13.8. The predicted molar refractivity (Wildman–Crippen MR) is 137 cm³/mol. The Bertz CT molecular complexity index is 1520. The number of non-ortho nitro benzene ring substituents is 1. The minimum atomic E-state index is -3.97. The topological polar surface area (TPSA) is 156 Å². The van der Waals surface area contributed by atoms with Crippen molar-refractivity contribution in [2.24, 2.45) is 0 Å². The molecule has 0 saturated heterocycles. The lowest BCUT2D eigenvalue weighted by molar-refractivity contribution is -0.384. The molecule has 1 amide bonds. The van der Waals surface area contributed by atoms with Crippen LogP contribution in [-0.4, -0.2) is 40.5 Å². The summed E-state index contributed by atoms with van der Waals surface area (Å²) in [5, 5.41) is 13.6. The van der Waals surface area contributed by atoms with Gasteiger partial charge in [0.15, 0.2) is 0 Å². The molecule has 0 atom stereocenters. The van der Waals surface area contributed by atoms with E-state index in [-0.39, 0.29) is 22.0 Å². The molecule has 0 bridgehead atoms. The summed E-state index contributed by atoms with van der Waals surface area (Å²) in [4.78, 5) is 23.1. The quantitative estimate of drug-likeness (QED) is 0.316. The largest absolute Gasteiger partial charge is 0.325 e. The Morgan fingerprint density at radius 2 is 1.58 bits per heavy atom. The Labute approximate surface area is 209 Å². The number of carbonyl (C=O) groups is 1. The second kappa shape index (κ2) is 10.3. The number of anilines is 3. The minimum Gasteiger partial charge on any atom is -0.325 e. The van der Waals surface area contributed by atoms with Gasteiger partial charge in [0.25, 0.3) is 15.7 Å². The lowest BCUT2D eigenvalue weighted by Gasteiger charge is -2.23. The molecular weight excluding hydrogens is 508 g/mol. The van der Waals surface area contributed by atoms with Crippen molar-refractivity contribution in [2.45, 2.75) is 18.7 Å². The van der Waals surface area contributed by atoms with Crippen LogP contribution in [0.25, 0.3) is 0 Å². The molecule has 0 spiro atoms. The van der Waals surface area contributed by atoms with Crippen molar-refractivity contribution in [3.63, 3.8) is 0 Å². The summed E-state index contributed by atoms with van der Waals surface area (Å²) in [7, 11) is -7.84. The third kappa shape index (κ3) is 6.37. The van der Waals surface area contributed by atoms with Gasteiger partial charge >= 0.3 is 0 Å². The lowest BCUT2D eigenvalue weighted by atomic mass is 10.2. The third-order valence-electron chi connectivity index (χ3n) is 5.20. The van der Waals surface area contributed by atoms with Crippen molar-refractivity contribution in [2.75, 3.05) is 27.1 Å². The zero-order chi connectivity index (χ0) is 26.7. The number of nitrogens with zero attached hydrogens (tertiary/aromatic N) is 2. The molecule has 0 heterocycles. The van der Waals surface area contributed by atoms with E-state index in [1.807, 2.05) is 0 Å². The van der Waals surface area contributed by atoms with E-state index in [2.05, 4.69) is 10.0 Å². The second-order valence-electron chi connectivity index (χ2n) is 7.99. The molecule has 3 aromatic rings. The molecule has 0 aliphatic rings. The Kier molecular flexibility index (Phi) is 7.65. The van der Waals surface area contributed by atoms with Crippen molar-refractivity contribution in [1.82, 2.24) is 0 Å². The molecule has 36 heavy (non-hydrogen) atoms. The fourth-order valence-electron chi connectivity index (χ4n) is 3.30. The van der Waals surface area contributed by atoms with Crippen LogP contribution in [-0.2, 0) is 24.8 Å². The molecule has 0 aromatic heterocycles. The van der Waals surface area contributed by atoms with Crippen LogP contribution in [0.5, 0.6) is 0 Å². The number of nitrogens with one attached hydrogen (secondary N) is 2. The number of benzene rings is 3. The number of amides is 1. The molecule has 0 unspecified atom stereocenters. The zero-order valence-corrected chi connectivity index (χ0v) is 21.3. The maximum Gasteiger partial charge on any atom is 0.271 e. The van der Waals surface area contributed by atoms with Crippen molar-refractivity contribution in [3.05, 3.63) is 88.0 Å². The number of hydrogen-bond acceptors (Lipinski definition) is 7. The number of nitro benzene ring substituents is 1. The summed E-state index contributed by atoms with van der Waals surface area (Å²) in [5.74, 6) is -0.722. The average molecular weight is 533 g/mol. The first kappa shape index (κ1) is 26.6. The van der Waals surface area contributed by atoms with Gasteiger partial charge in [0.2, 0.25) is 15.9 Å². The van der Waals surface area contributed by atoms with Crippen LogP contribution in [0.4, 0.5) is 22.7 Å². The Morgan fingerprint density at radius 1 is 0.944 bits per heavy atom. The number of aryl methyl sites for hydroxylation is 2. The highest BCUT2D eigenvalue weighted by atomic mass is 32.2. The van der Waals surface area contributed by atoms with E-state index in [0.717, 1.165) is 22.2 Å². The second-order valence-corrected chi connectivity index (χ2v) is 11.6. The smallest absolute Gasteiger partial charge is 0.271 e.